The zero-order valence-electron chi connectivity index (χ0n) is 6.99. The first-order valence-corrected chi connectivity index (χ1v) is 4.19. The molecule has 0 aliphatic heterocycles. The third-order valence-electron chi connectivity index (χ3n) is 3.61. The van der Waals surface area contributed by atoms with Gasteiger partial charge in [-0.3, -0.25) is 9.59 Å². The summed E-state index contributed by atoms with van der Waals surface area (Å²) in [4.78, 5) is 21.4. The molecule has 0 aromatic heterocycles. The van der Waals surface area contributed by atoms with Crippen molar-refractivity contribution < 1.29 is 19.8 Å². The molecular formula is C8H11NO4. The highest BCUT2D eigenvalue weighted by Crippen LogP contribution is 2.69. The maximum absolute atomic E-state index is 10.8. The molecule has 0 bridgehead atoms. The lowest BCUT2D eigenvalue weighted by Gasteiger charge is -2.44. The molecule has 0 aromatic carbocycles. The molecule has 5 heteroatoms. The fourth-order valence-corrected chi connectivity index (χ4v) is 2.43. The lowest BCUT2D eigenvalue weighted by Crippen LogP contribution is -2.63. The van der Waals surface area contributed by atoms with Crippen molar-refractivity contribution in [3.05, 3.63) is 0 Å². The highest BCUT2D eigenvalue weighted by atomic mass is 16.4. The summed E-state index contributed by atoms with van der Waals surface area (Å²) in [6, 6.07) is 0. The number of aliphatic carboxylic acids is 2. The van der Waals surface area contributed by atoms with Crippen LogP contribution in [-0.2, 0) is 9.59 Å². The average molecular weight is 185 g/mol. The second kappa shape index (κ2) is 2.04. The molecular weight excluding hydrogens is 174 g/mol. The van der Waals surface area contributed by atoms with E-state index in [4.69, 9.17) is 15.9 Å². The van der Waals surface area contributed by atoms with Crippen LogP contribution in [0.3, 0.4) is 0 Å². The summed E-state index contributed by atoms with van der Waals surface area (Å²) in [5, 5.41) is 17.6. The summed E-state index contributed by atoms with van der Waals surface area (Å²) in [6.45, 7) is 0. The molecule has 0 aromatic rings. The van der Waals surface area contributed by atoms with E-state index in [9.17, 15) is 9.59 Å². The topological polar surface area (TPSA) is 101 Å². The minimum absolute atomic E-state index is 0.395. The van der Waals surface area contributed by atoms with Crippen LogP contribution in [0.25, 0.3) is 0 Å². The Morgan fingerprint density at radius 1 is 1.31 bits per heavy atom. The predicted molar refractivity (Wildman–Crippen MR) is 42.0 cm³/mol. The molecule has 2 fully saturated rings. The van der Waals surface area contributed by atoms with E-state index in [2.05, 4.69) is 0 Å². The van der Waals surface area contributed by atoms with E-state index in [1.165, 1.54) is 0 Å². The molecule has 72 valence electrons. The van der Waals surface area contributed by atoms with Gasteiger partial charge in [0.1, 0.15) is 5.54 Å². The summed E-state index contributed by atoms with van der Waals surface area (Å²) in [7, 11) is 0. The Morgan fingerprint density at radius 3 is 2.15 bits per heavy atom. The van der Waals surface area contributed by atoms with Gasteiger partial charge in [-0.2, -0.15) is 0 Å². The van der Waals surface area contributed by atoms with E-state index in [0.717, 1.165) is 0 Å². The van der Waals surface area contributed by atoms with Crippen molar-refractivity contribution >= 4 is 11.9 Å². The Kier molecular flexibility index (Phi) is 1.33. The van der Waals surface area contributed by atoms with E-state index in [-0.39, 0.29) is 0 Å². The van der Waals surface area contributed by atoms with E-state index >= 15 is 0 Å². The molecule has 13 heavy (non-hydrogen) atoms. The van der Waals surface area contributed by atoms with Gasteiger partial charge in [0.05, 0.1) is 5.92 Å². The van der Waals surface area contributed by atoms with Gasteiger partial charge < -0.3 is 15.9 Å². The van der Waals surface area contributed by atoms with Crippen molar-refractivity contribution in [1.82, 2.24) is 0 Å². The van der Waals surface area contributed by atoms with Crippen molar-refractivity contribution in [3.63, 3.8) is 0 Å². The summed E-state index contributed by atoms with van der Waals surface area (Å²) in [6.07, 6.45) is 1.45. The average Bonchev–Trinajstić information content (AvgIpc) is 2.77. The number of carboxylic acid groups (broad SMARTS) is 2. The van der Waals surface area contributed by atoms with Gasteiger partial charge >= 0.3 is 11.9 Å². The summed E-state index contributed by atoms with van der Waals surface area (Å²) in [5.74, 6) is -2.53. The first-order chi connectivity index (χ1) is 5.94. The fraction of sp³-hybridized carbons (Fsp3) is 0.750. The summed E-state index contributed by atoms with van der Waals surface area (Å²) >= 11 is 0. The largest absolute Gasteiger partial charge is 0.481 e. The molecule has 2 aliphatic carbocycles. The van der Waals surface area contributed by atoms with Gasteiger partial charge in [0.15, 0.2) is 0 Å². The number of carbonyl (C=O) groups is 2. The Hall–Kier alpha value is -1.10. The van der Waals surface area contributed by atoms with E-state index in [1.807, 2.05) is 0 Å². The smallest absolute Gasteiger partial charge is 0.324 e. The quantitative estimate of drug-likeness (QED) is 0.546. The summed E-state index contributed by atoms with van der Waals surface area (Å²) < 4.78 is 0. The fourth-order valence-electron chi connectivity index (χ4n) is 2.43. The van der Waals surface area contributed by atoms with Gasteiger partial charge in [-0.15, -0.1) is 0 Å². The van der Waals surface area contributed by atoms with Crippen LogP contribution in [0.15, 0.2) is 0 Å². The van der Waals surface area contributed by atoms with Crippen LogP contribution >= 0.6 is 0 Å². The van der Waals surface area contributed by atoms with Crippen LogP contribution in [0.5, 0.6) is 0 Å². The van der Waals surface area contributed by atoms with Gasteiger partial charge in [-0.05, 0) is 19.3 Å². The molecule has 0 heterocycles. The SMILES string of the molecule is NC1(C(=O)O)CCC12CC2C(=O)O. The van der Waals surface area contributed by atoms with E-state index in [1.54, 1.807) is 0 Å². The molecule has 0 amide bonds. The van der Waals surface area contributed by atoms with Gasteiger partial charge in [0.25, 0.3) is 0 Å². The molecule has 4 N–H and O–H groups in total. The number of rotatable bonds is 2. The van der Waals surface area contributed by atoms with Crippen LogP contribution < -0.4 is 5.73 Å². The van der Waals surface area contributed by atoms with E-state index in [0.29, 0.717) is 19.3 Å². The monoisotopic (exact) mass is 185 g/mol. The molecule has 5 nitrogen and oxygen atoms in total. The van der Waals surface area contributed by atoms with Crippen molar-refractivity contribution in [3.8, 4) is 0 Å². The molecule has 2 saturated carbocycles. The molecule has 0 saturated heterocycles. The first-order valence-electron chi connectivity index (χ1n) is 4.19. The Labute approximate surface area is 74.5 Å². The molecule has 0 radical (unpaired) electrons. The molecule has 2 rings (SSSR count). The number of nitrogens with two attached hydrogens (primary N) is 1. The third kappa shape index (κ3) is 0.751. The minimum atomic E-state index is -1.28. The van der Waals surface area contributed by atoms with Gasteiger partial charge in [0.2, 0.25) is 0 Å². The lowest BCUT2D eigenvalue weighted by molar-refractivity contribution is -0.154. The van der Waals surface area contributed by atoms with Crippen LogP contribution in [0, 0.1) is 11.3 Å². The van der Waals surface area contributed by atoms with Crippen LogP contribution in [-0.4, -0.2) is 27.7 Å². The molecule has 1 spiro atoms. The highest BCUT2D eigenvalue weighted by molar-refractivity contribution is 5.86. The van der Waals surface area contributed by atoms with Crippen molar-refractivity contribution in [2.75, 3.05) is 0 Å². The standard InChI is InChI=1S/C8H11NO4/c9-8(6(12)13)2-1-7(8)3-4(7)5(10)11/h4H,1-3,9H2,(H,10,11)(H,12,13). The Balaban J connectivity index is 2.21. The van der Waals surface area contributed by atoms with Crippen molar-refractivity contribution in [1.29, 1.82) is 0 Å². The normalized spacial score (nSPS) is 47.0. The first kappa shape index (κ1) is 8.50. The maximum Gasteiger partial charge on any atom is 0.324 e. The van der Waals surface area contributed by atoms with E-state index < -0.39 is 28.8 Å². The third-order valence-corrected chi connectivity index (χ3v) is 3.61. The van der Waals surface area contributed by atoms with Gasteiger partial charge in [-0.25, -0.2) is 0 Å². The van der Waals surface area contributed by atoms with Crippen LogP contribution in [0.4, 0.5) is 0 Å². The van der Waals surface area contributed by atoms with Crippen LogP contribution in [0.2, 0.25) is 0 Å². The molecule has 3 unspecified atom stereocenters. The van der Waals surface area contributed by atoms with Crippen molar-refractivity contribution in [2.24, 2.45) is 17.1 Å². The molecule has 3 atom stereocenters. The van der Waals surface area contributed by atoms with Crippen molar-refractivity contribution in [2.45, 2.75) is 24.8 Å². The van der Waals surface area contributed by atoms with Crippen LogP contribution in [0.1, 0.15) is 19.3 Å². The highest BCUT2D eigenvalue weighted by Gasteiger charge is 2.76. The summed E-state index contributed by atoms with van der Waals surface area (Å²) in [5.41, 5.74) is 3.74. The minimum Gasteiger partial charge on any atom is -0.481 e. The zero-order chi connectivity index (χ0) is 9.85. The number of hydrogen-bond donors (Lipinski definition) is 3. The second-order valence-corrected chi connectivity index (χ2v) is 4.03. The second-order valence-electron chi connectivity index (χ2n) is 4.03. The zero-order valence-corrected chi connectivity index (χ0v) is 6.99. The number of carboxylic acids is 2. The Morgan fingerprint density at radius 2 is 1.92 bits per heavy atom. The van der Waals surface area contributed by atoms with Gasteiger partial charge in [-0.1, -0.05) is 0 Å². The predicted octanol–water partition coefficient (Wildman–Crippen LogP) is -0.347. The molecule has 2 aliphatic rings. The Bertz CT molecular complexity index is 303. The number of hydrogen-bond acceptors (Lipinski definition) is 3. The lowest BCUT2D eigenvalue weighted by atomic mass is 9.62. The maximum atomic E-state index is 10.8. The van der Waals surface area contributed by atoms with Gasteiger partial charge in [0, 0.05) is 5.41 Å².